The zero-order valence-electron chi connectivity index (χ0n) is 9.81. The second-order valence-electron chi connectivity index (χ2n) is 5.59. The van der Waals surface area contributed by atoms with Crippen LogP contribution in [0.1, 0.15) is 39.5 Å². The van der Waals surface area contributed by atoms with Gasteiger partial charge in [0.2, 0.25) is 0 Å². The van der Waals surface area contributed by atoms with E-state index in [9.17, 15) is 0 Å². The first-order valence-corrected chi connectivity index (χ1v) is 6.55. The van der Waals surface area contributed by atoms with Gasteiger partial charge in [-0.05, 0) is 55.2 Å². The van der Waals surface area contributed by atoms with Crippen molar-refractivity contribution >= 4 is 17.3 Å². The lowest BCUT2D eigenvalue weighted by Gasteiger charge is -2.17. The van der Waals surface area contributed by atoms with E-state index in [2.05, 4.69) is 24.5 Å². The smallest absolute Gasteiger partial charge is 0.166 e. The molecular formula is C12H22N2S. The molecule has 3 heteroatoms. The first-order chi connectivity index (χ1) is 7.12. The summed E-state index contributed by atoms with van der Waals surface area (Å²) in [6.07, 6.45) is 5.73. The van der Waals surface area contributed by atoms with Crippen LogP contribution in [-0.2, 0) is 0 Å². The fourth-order valence-electron chi connectivity index (χ4n) is 2.20. The molecule has 0 radical (unpaired) electrons. The monoisotopic (exact) mass is 226 g/mol. The molecule has 2 fully saturated rings. The van der Waals surface area contributed by atoms with Gasteiger partial charge in [-0.2, -0.15) is 0 Å². The van der Waals surface area contributed by atoms with Crippen LogP contribution in [0.25, 0.3) is 0 Å². The molecule has 0 heterocycles. The van der Waals surface area contributed by atoms with E-state index in [-0.39, 0.29) is 0 Å². The molecule has 0 unspecified atom stereocenters. The quantitative estimate of drug-likeness (QED) is 0.703. The predicted octanol–water partition coefficient (Wildman–Crippen LogP) is 2.30. The summed E-state index contributed by atoms with van der Waals surface area (Å²) >= 11 is 5.25. The number of nitrogens with one attached hydrogen (secondary N) is 2. The molecule has 2 saturated carbocycles. The molecule has 0 bridgehead atoms. The molecule has 2 nitrogen and oxygen atoms in total. The first kappa shape index (κ1) is 11.2. The van der Waals surface area contributed by atoms with Crippen LogP contribution in [0.15, 0.2) is 0 Å². The first-order valence-electron chi connectivity index (χ1n) is 6.14. The van der Waals surface area contributed by atoms with Gasteiger partial charge in [-0.1, -0.05) is 13.8 Å². The Labute approximate surface area is 98.2 Å². The van der Waals surface area contributed by atoms with Crippen LogP contribution in [0.3, 0.4) is 0 Å². The molecule has 86 valence electrons. The lowest BCUT2D eigenvalue weighted by atomic mass is 10.0. The van der Waals surface area contributed by atoms with Crippen molar-refractivity contribution in [1.82, 2.24) is 10.6 Å². The van der Waals surface area contributed by atoms with Crippen molar-refractivity contribution < 1.29 is 0 Å². The van der Waals surface area contributed by atoms with Crippen molar-refractivity contribution in [3.05, 3.63) is 0 Å². The van der Waals surface area contributed by atoms with Crippen LogP contribution in [0.4, 0.5) is 0 Å². The lowest BCUT2D eigenvalue weighted by Crippen LogP contribution is -2.40. The van der Waals surface area contributed by atoms with Crippen molar-refractivity contribution in [3.63, 3.8) is 0 Å². The standard InChI is InChI=1S/C12H22N2S/c1-9(2)7-13-11(15)14-8-12(5-6-12)10-3-4-10/h9-10H,3-8H2,1-2H3,(H2,13,14,15). The average molecular weight is 226 g/mol. The average Bonchev–Trinajstić information content (AvgIpc) is 3.01. The van der Waals surface area contributed by atoms with Gasteiger partial charge in [0.15, 0.2) is 5.11 Å². The summed E-state index contributed by atoms with van der Waals surface area (Å²) in [5.41, 5.74) is 0.642. The Kier molecular flexibility index (Phi) is 3.19. The van der Waals surface area contributed by atoms with Gasteiger partial charge in [-0.25, -0.2) is 0 Å². The largest absolute Gasteiger partial charge is 0.362 e. The zero-order valence-corrected chi connectivity index (χ0v) is 10.6. The summed E-state index contributed by atoms with van der Waals surface area (Å²) in [7, 11) is 0. The summed E-state index contributed by atoms with van der Waals surface area (Å²) in [6.45, 7) is 6.47. The van der Waals surface area contributed by atoms with Gasteiger partial charge in [-0.15, -0.1) is 0 Å². The molecule has 2 aliphatic rings. The summed E-state index contributed by atoms with van der Waals surface area (Å²) in [5, 5.41) is 7.49. The molecule has 0 aromatic carbocycles. The molecule has 0 aromatic rings. The predicted molar refractivity (Wildman–Crippen MR) is 67.8 cm³/mol. The van der Waals surface area contributed by atoms with E-state index >= 15 is 0 Å². The van der Waals surface area contributed by atoms with E-state index in [4.69, 9.17) is 12.2 Å². The van der Waals surface area contributed by atoms with Gasteiger partial charge in [-0.3, -0.25) is 0 Å². The normalized spacial score (nSPS) is 22.6. The third kappa shape index (κ3) is 3.07. The molecular weight excluding hydrogens is 204 g/mol. The number of hydrogen-bond donors (Lipinski definition) is 2. The van der Waals surface area contributed by atoms with Gasteiger partial charge >= 0.3 is 0 Å². The molecule has 0 amide bonds. The fraction of sp³-hybridized carbons (Fsp3) is 0.917. The minimum atomic E-state index is 0.642. The number of thiocarbonyl (C=S) groups is 1. The van der Waals surface area contributed by atoms with Gasteiger partial charge in [0.1, 0.15) is 0 Å². The molecule has 0 atom stereocenters. The Morgan fingerprint density at radius 2 is 2.00 bits per heavy atom. The summed E-state index contributed by atoms with van der Waals surface area (Å²) < 4.78 is 0. The number of rotatable bonds is 5. The Bertz CT molecular complexity index is 242. The fourth-order valence-corrected chi connectivity index (χ4v) is 2.36. The van der Waals surface area contributed by atoms with E-state index < -0.39 is 0 Å². The number of hydrogen-bond acceptors (Lipinski definition) is 1. The van der Waals surface area contributed by atoms with E-state index in [0.29, 0.717) is 11.3 Å². The molecule has 0 spiro atoms. The maximum absolute atomic E-state index is 5.25. The van der Waals surface area contributed by atoms with Crippen molar-refractivity contribution in [2.45, 2.75) is 39.5 Å². The lowest BCUT2D eigenvalue weighted by molar-refractivity contribution is 0.432. The zero-order chi connectivity index (χ0) is 10.9. The van der Waals surface area contributed by atoms with E-state index in [0.717, 1.165) is 24.1 Å². The second-order valence-corrected chi connectivity index (χ2v) is 6.00. The molecule has 15 heavy (non-hydrogen) atoms. The summed E-state index contributed by atoms with van der Waals surface area (Å²) in [4.78, 5) is 0. The Morgan fingerprint density at radius 3 is 2.47 bits per heavy atom. The molecule has 0 aromatic heterocycles. The molecule has 2 N–H and O–H groups in total. The van der Waals surface area contributed by atoms with Crippen LogP contribution >= 0.6 is 12.2 Å². The van der Waals surface area contributed by atoms with Crippen LogP contribution in [0, 0.1) is 17.3 Å². The topological polar surface area (TPSA) is 24.1 Å². The molecule has 2 rings (SSSR count). The van der Waals surface area contributed by atoms with Crippen LogP contribution < -0.4 is 10.6 Å². The van der Waals surface area contributed by atoms with Crippen molar-refractivity contribution in [2.75, 3.05) is 13.1 Å². The van der Waals surface area contributed by atoms with E-state index in [1.165, 1.54) is 25.7 Å². The highest BCUT2D eigenvalue weighted by molar-refractivity contribution is 7.80. The highest BCUT2D eigenvalue weighted by atomic mass is 32.1. The minimum Gasteiger partial charge on any atom is -0.362 e. The Hall–Kier alpha value is -0.310. The van der Waals surface area contributed by atoms with Crippen LogP contribution in [0.5, 0.6) is 0 Å². The van der Waals surface area contributed by atoms with E-state index in [1.807, 2.05) is 0 Å². The van der Waals surface area contributed by atoms with Gasteiger partial charge in [0.05, 0.1) is 0 Å². The Balaban J connectivity index is 1.63. The van der Waals surface area contributed by atoms with Gasteiger partial charge in [0.25, 0.3) is 0 Å². The van der Waals surface area contributed by atoms with E-state index in [1.54, 1.807) is 0 Å². The third-order valence-corrected chi connectivity index (χ3v) is 3.90. The second kappa shape index (κ2) is 4.28. The molecule has 2 aliphatic carbocycles. The summed E-state index contributed by atoms with van der Waals surface area (Å²) in [5.74, 6) is 1.67. The molecule has 0 saturated heterocycles. The van der Waals surface area contributed by atoms with Crippen molar-refractivity contribution in [1.29, 1.82) is 0 Å². The SMILES string of the molecule is CC(C)CNC(=S)NCC1(C2CC2)CC1. The van der Waals surface area contributed by atoms with Gasteiger partial charge < -0.3 is 10.6 Å². The maximum atomic E-state index is 5.25. The minimum absolute atomic E-state index is 0.642. The summed E-state index contributed by atoms with van der Waals surface area (Å²) in [6, 6.07) is 0. The van der Waals surface area contributed by atoms with Crippen LogP contribution in [-0.4, -0.2) is 18.2 Å². The van der Waals surface area contributed by atoms with Crippen molar-refractivity contribution in [2.24, 2.45) is 17.3 Å². The Morgan fingerprint density at radius 1 is 1.33 bits per heavy atom. The van der Waals surface area contributed by atoms with Crippen LogP contribution in [0.2, 0.25) is 0 Å². The van der Waals surface area contributed by atoms with Gasteiger partial charge in [0, 0.05) is 13.1 Å². The third-order valence-electron chi connectivity index (χ3n) is 3.61. The maximum Gasteiger partial charge on any atom is 0.166 e. The van der Waals surface area contributed by atoms with Crippen molar-refractivity contribution in [3.8, 4) is 0 Å². The molecule has 0 aliphatic heterocycles. The highest BCUT2D eigenvalue weighted by Crippen LogP contribution is 2.60. The highest BCUT2D eigenvalue weighted by Gasteiger charge is 2.53.